The fourth-order valence-corrected chi connectivity index (χ4v) is 7.63. The monoisotopic (exact) mass is 728 g/mol. The van der Waals surface area contributed by atoms with E-state index in [1.807, 2.05) is 53.6 Å². The molecule has 0 saturated carbocycles. The number of amides is 2. The number of unbranched alkanes of at least 4 members (excludes halogenated alkanes) is 1. The minimum atomic E-state index is -4.56. The Bertz CT molecular complexity index is 2070. The van der Waals surface area contributed by atoms with Gasteiger partial charge < -0.3 is 10.6 Å². The van der Waals surface area contributed by atoms with Crippen LogP contribution in [-0.2, 0) is 16.4 Å². The van der Waals surface area contributed by atoms with Gasteiger partial charge in [-0.1, -0.05) is 91.0 Å². The van der Waals surface area contributed by atoms with E-state index >= 15 is 0 Å². The van der Waals surface area contributed by atoms with Crippen molar-refractivity contribution >= 4 is 18.0 Å². The van der Waals surface area contributed by atoms with Gasteiger partial charge in [0.25, 0.3) is 5.91 Å². The molecule has 0 bridgehead atoms. The summed E-state index contributed by atoms with van der Waals surface area (Å²) in [5.74, 6) is -1.39. The molecule has 2 N–H and O–H groups in total. The Morgan fingerprint density at radius 2 is 1.40 bits per heavy atom. The van der Waals surface area contributed by atoms with Crippen LogP contribution in [0.4, 0.5) is 26.3 Å². The Labute approximate surface area is 301 Å². The first-order valence-electron chi connectivity index (χ1n) is 17.2. The number of nitrogens with zero attached hydrogens (tertiary/aromatic N) is 2. The Hall–Kier alpha value is -5.65. The van der Waals surface area contributed by atoms with Crippen molar-refractivity contribution in [3.05, 3.63) is 143 Å². The van der Waals surface area contributed by atoms with E-state index in [9.17, 15) is 35.9 Å². The fourth-order valence-electron chi connectivity index (χ4n) is 7.63. The van der Waals surface area contributed by atoms with Crippen molar-refractivity contribution in [2.45, 2.75) is 43.1 Å². The second-order valence-electron chi connectivity index (χ2n) is 13.3. The van der Waals surface area contributed by atoms with Gasteiger partial charge in [-0.05, 0) is 76.9 Å². The van der Waals surface area contributed by atoms with E-state index in [0.29, 0.717) is 52.9 Å². The molecule has 0 radical (unpaired) electrons. The largest absolute Gasteiger partial charge is 0.416 e. The Morgan fingerprint density at radius 1 is 0.774 bits per heavy atom. The fraction of sp³-hybridized carbons (Fsp3) is 0.244. The Morgan fingerprint density at radius 3 is 2.04 bits per heavy atom. The van der Waals surface area contributed by atoms with Crippen LogP contribution in [0, 0.1) is 5.92 Å². The van der Waals surface area contributed by atoms with Crippen LogP contribution in [0.15, 0.2) is 126 Å². The zero-order valence-corrected chi connectivity index (χ0v) is 28.2. The Balaban J connectivity index is 1.02. The van der Waals surface area contributed by atoms with Gasteiger partial charge >= 0.3 is 12.4 Å². The number of allylic oxidation sites excluding steroid dienone is 2. The molecule has 0 saturated heterocycles. The SMILES string of the molecule is O=C(NC1=CC=CC2C1C=NN2CCCCC1(C(=O)NCC(F)(F)F)c2ccccc2-c2ccccc21)c1ccccc1-c1ccc(C(F)(F)F)cc1. The summed E-state index contributed by atoms with van der Waals surface area (Å²) in [6.07, 6.45) is -0.332. The maximum Gasteiger partial charge on any atom is 0.416 e. The molecular formula is C41H34F6N4O2. The highest BCUT2D eigenvalue weighted by molar-refractivity contribution is 6.02. The van der Waals surface area contributed by atoms with Crippen molar-refractivity contribution in [2.75, 3.05) is 13.1 Å². The van der Waals surface area contributed by atoms with Gasteiger partial charge in [0, 0.05) is 24.0 Å². The quantitative estimate of drug-likeness (QED) is 0.127. The van der Waals surface area contributed by atoms with Crippen LogP contribution in [0.5, 0.6) is 0 Å². The summed E-state index contributed by atoms with van der Waals surface area (Å²) >= 11 is 0. The molecule has 1 heterocycles. The van der Waals surface area contributed by atoms with E-state index in [1.54, 1.807) is 48.7 Å². The summed E-state index contributed by atoms with van der Waals surface area (Å²) in [6.45, 7) is -0.938. The van der Waals surface area contributed by atoms with E-state index in [-0.39, 0.29) is 18.4 Å². The molecule has 2 aliphatic carbocycles. The van der Waals surface area contributed by atoms with Crippen LogP contribution in [0.25, 0.3) is 22.3 Å². The maximum atomic E-state index is 13.8. The number of alkyl halides is 6. The third-order valence-electron chi connectivity index (χ3n) is 10.1. The third kappa shape index (κ3) is 6.97. The maximum absolute atomic E-state index is 13.8. The van der Waals surface area contributed by atoms with Gasteiger partial charge in [0.2, 0.25) is 5.91 Å². The van der Waals surface area contributed by atoms with Crippen molar-refractivity contribution < 1.29 is 35.9 Å². The van der Waals surface area contributed by atoms with E-state index in [1.165, 1.54) is 12.1 Å². The highest BCUT2D eigenvalue weighted by atomic mass is 19.4. The molecule has 3 aliphatic rings. The first-order chi connectivity index (χ1) is 25.4. The zero-order chi connectivity index (χ0) is 37.4. The highest BCUT2D eigenvalue weighted by Crippen LogP contribution is 2.51. The van der Waals surface area contributed by atoms with Crippen molar-refractivity contribution in [1.29, 1.82) is 0 Å². The van der Waals surface area contributed by atoms with Gasteiger partial charge in [-0.2, -0.15) is 31.4 Å². The molecule has 2 atom stereocenters. The molecule has 0 spiro atoms. The normalized spacial score (nSPS) is 18.2. The lowest BCUT2D eigenvalue weighted by atomic mass is 9.73. The van der Waals surface area contributed by atoms with Crippen molar-refractivity contribution in [3.63, 3.8) is 0 Å². The topological polar surface area (TPSA) is 73.8 Å². The number of hydrazone groups is 1. The number of hydrogen-bond acceptors (Lipinski definition) is 4. The molecule has 4 aromatic carbocycles. The first kappa shape index (κ1) is 35.7. The summed E-state index contributed by atoms with van der Waals surface area (Å²) < 4.78 is 79.2. The molecule has 4 aromatic rings. The molecule has 2 unspecified atom stereocenters. The highest BCUT2D eigenvalue weighted by Gasteiger charge is 2.49. The minimum absolute atomic E-state index is 0.211. The molecule has 12 heteroatoms. The zero-order valence-electron chi connectivity index (χ0n) is 28.2. The van der Waals surface area contributed by atoms with Crippen LogP contribution in [0.1, 0.15) is 46.3 Å². The predicted octanol–water partition coefficient (Wildman–Crippen LogP) is 8.66. The lowest BCUT2D eigenvalue weighted by molar-refractivity contribution is -0.141. The van der Waals surface area contributed by atoms with Crippen LogP contribution in [0.2, 0.25) is 0 Å². The van der Waals surface area contributed by atoms with Crippen molar-refractivity contribution in [2.24, 2.45) is 11.0 Å². The number of benzene rings is 4. The number of halogens is 6. The number of nitrogens with one attached hydrogen (secondary N) is 2. The van der Waals surface area contributed by atoms with E-state index in [0.717, 1.165) is 23.3 Å². The summed E-state index contributed by atoms with van der Waals surface area (Å²) in [6, 6.07) is 25.8. The van der Waals surface area contributed by atoms with Crippen LogP contribution >= 0.6 is 0 Å². The average Bonchev–Trinajstić information content (AvgIpc) is 3.70. The summed E-state index contributed by atoms with van der Waals surface area (Å²) in [5, 5.41) is 11.7. The second-order valence-corrected chi connectivity index (χ2v) is 13.3. The minimum Gasteiger partial charge on any atom is -0.346 e. The van der Waals surface area contributed by atoms with Crippen LogP contribution in [-0.4, -0.2) is 48.3 Å². The number of hydrogen-bond donors (Lipinski definition) is 2. The molecule has 2 amide bonds. The Kier molecular flexibility index (Phi) is 9.48. The molecule has 0 aromatic heterocycles. The molecule has 7 rings (SSSR count). The molecular weight excluding hydrogens is 694 g/mol. The number of rotatable bonds is 10. The van der Waals surface area contributed by atoms with Crippen molar-refractivity contribution in [3.8, 4) is 22.3 Å². The van der Waals surface area contributed by atoms with E-state index in [2.05, 4.69) is 15.7 Å². The van der Waals surface area contributed by atoms with Crippen LogP contribution < -0.4 is 10.6 Å². The standard InChI is InChI=1S/C41H34F6N4O2/c42-40(43,44)25-48-38(53)39(33-14-5-3-11-29(33)30-12-4-6-15-34(30)39)22-7-8-23-51-36-17-9-16-35(32(36)24-49-51)50-37(52)31-13-2-1-10-28(31)26-18-20-27(21-19-26)41(45,46)47/h1-6,9-21,24,32,36H,7-8,22-23,25H2,(H,48,53)(H,50,52). The van der Waals surface area contributed by atoms with Gasteiger partial charge in [-0.25, -0.2) is 0 Å². The lowest BCUT2D eigenvalue weighted by Crippen LogP contribution is -2.47. The number of fused-ring (bicyclic) bond motifs is 4. The summed E-state index contributed by atoms with van der Waals surface area (Å²) in [5.41, 5.74) is 2.81. The summed E-state index contributed by atoms with van der Waals surface area (Å²) in [4.78, 5) is 27.4. The van der Waals surface area contributed by atoms with Gasteiger partial charge in [0.1, 0.15) is 12.0 Å². The van der Waals surface area contributed by atoms with Gasteiger partial charge in [-0.3, -0.25) is 14.6 Å². The smallest absolute Gasteiger partial charge is 0.346 e. The molecule has 0 fully saturated rings. The molecule has 1 aliphatic heterocycles. The molecule has 6 nitrogen and oxygen atoms in total. The van der Waals surface area contributed by atoms with Crippen molar-refractivity contribution in [1.82, 2.24) is 15.6 Å². The predicted molar refractivity (Wildman–Crippen MR) is 190 cm³/mol. The molecule has 272 valence electrons. The third-order valence-corrected chi connectivity index (χ3v) is 10.1. The number of carbonyl (C=O) groups is 2. The summed E-state index contributed by atoms with van der Waals surface area (Å²) in [7, 11) is 0. The van der Waals surface area contributed by atoms with Gasteiger partial charge in [0.15, 0.2) is 0 Å². The average molecular weight is 729 g/mol. The second kappa shape index (κ2) is 14.1. The first-order valence-corrected chi connectivity index (χ1v) is 17.2. The molecule has 53 heavy (non-hydrogen) atoms. The van der Waals surface area contributed by atoms with E-state index < -0.39 is 41.7 Å². The number of carbonyl (C=O) groups excluding carboxylic acids is 2. The van der Waals surface area contributed by atoms with Gasteiger partial charge in [0.05, 0.1) is 17.5 Å². The van der Waals surface area contributed by atoms with Gasteiger partial charge in [-0.15, -0.1) is 0 Å². The van der Waals surface area contributed by atoms with Crippen LogP contribution in [0.3, 0.4) is 0 Å². The van der Waals surface area contributed by atoms with E-state index in [4.69, 9.17) is 0 Å². The lowest BCUT2D eigenvalue weighted by Gasteiger charge is -2.32.